The molecule has 0 bridgehead atoms. The molecular weight excluding hydrogens is 144 g/mol. The lowest BCUT2D eigenvalue weighted by Gasteiger charge is -2.14. The van der Waals surface area contributed by atoms with E-state index in [1.807, 2.05) is 0 Å². The summed E-state index contributed by atoms with van der Waals surface area (Å²) >= 11 is 0. The molecule has 0 saturated carbocycles. The largest absolute Gasteiger partial charge is 0.393 e. The van der Waals surface area contributed by atoms with Gasteiger partial charge in [-0.25, -0.2) is 4.89 Å². The van der Waals surface area contributed by atoms with Gasteiger partial charge >= 0.3 is 0 Å². The molecule has 0 amide bonds. The second-order valence-corrected chi connectivity index (χ2v) is 3.18. The Hall–Kier alpha value is -0.380. The minimum Gasteiger partial charge on any atom is -0.393 e. The third kappa shape index (κ3) is 6.04. The first-order chi connectivity index (χ1) is 4.98. The molecule has 0 aromatic heterocycles. The Morgan fingerprint density at radius 2 is 2.09 bits per heavy atom. The number of aliphatic hydroxyl groups excluding tert-OH is 1. The van der Waals surface area contributed by atoms with Crippen molar-refractivity contribution in [1.82, 2.24) is 0 Å². The van der Waals surface area contributed by atoms with Crippen molar-refractivity contribution >= 4 is 0 Å². The molecule has 0 aliphatic heterocycles. The fraction of sp³-hybridized carbons (Fsp3) is 0.750. The highest BCUT2D eigenvalue weighted by atomic mass is 17.1. The van der Waals surface area contributed by atoms with E-state index in [-0.39, 0.29) is 6.10 Å². The summed E-state index contributed by atoms with van der Waals surface area (Å²) in [4.78, 5) is 4.15. The SMILES string of the molecule is CC(O)CC=CC(C)(C)OO. The Labute approximate surface area is 67.2 Å². The highest BCUT2D eigenvalue weighted by molar-refractivity contribution is 4.96. The number of hydrogen-bond donors (Lipinski definition) is 2. The lowest BCUT2D eigenvalue weighted by molar-refractivity contribution is -0.297. The zero-order valence-electron chi connectivity index (χ0n) is 7.24. The molecule has 66 valence electrons. The Kier molecular flexibility index (Phi) is 4.33. The van der Waals surface area contributed by atoms with Gasteiger partial charge in [-0.2, -0.15) is 0 Å². The highest BCUT2D eigenvalue weighted by Gasteiger charge is 2.12. The fourth-order valence-electron chi connectivity index (χ4n) is 0.579. The predicted octanol–water partition coefficient (Wildman–Crippen LogP) is 1.58. The molecule has 0 aromatic carbocycles. The third-order valence-corrected chi connectivity index (χ3v) is 1.23. The maximum absolute atomic E-state index is 8.87. The zero-order chi connectivity index (χ0) is 8.91. The second-order valence-electron chi connectivity index (χ2n) is 3.18. The minimum atomic E-state index is -0.658. The van der Waals surface area contributed by atoms with Crippen LogP contribution >= 0.6 is 0 Å². The first-order valence-electron chi connectivity index (χ1n) is 3.66. The van der Waals surface area contributed by atoms with E-state index in [0.29, 0.717) is 6.42 Å². The van der Waals surface area contributed by atoms with Crippen LogP contribution in [0.3, 0.4) is 0 Å². The molecule has 0 spiro atoms. The first-order valence-corrected chi connectivity index (χ1v) is 3.66. The molecular formula is C8H16O3. The summed E-state index contributed by atoms with van der Waals surface area (Å²) in [5.74, 6) is 0. The van der Waals surface area contributed by atoms with E-state index < -0.39 is 5.60 Å². The van der Waals surface area contributed by atoms with E-state index in [9.17, 15) is 0 Å². The van der Waals surface area contributed by atoms with E-state index in [4.69, 9.17) is 10.4 Å². The molecule has 1 unspecified atom stereocenters. The van der Waals surface area contributed by atoms with Gasteiger partial charge in [-0.05, 0) is 27.2 Å². The van der Waals surface area contributed by atoms with Crippen LogP contribution < -0.4 is 0 Å². The fourth-order valence-corrected chi connectivity index (χ4v) is 0.579. The van der Waals surface area contributed by atoms with Gasteiger partial charge in [0.15, 0.2) is 0 Å². The van der Waals surface area contributed by atoms with Crippen molar-refractivity contribution in [3.63, 3.8) is 0 Å². The van der Waals surface area contributed by atoms with E-state index in [1.54, 1.807) is 32.9 Å². The Bertz CT molecular complexity index is 127. The quantitative estimate of drug-likeness (QED) is 0.373. The van der Waals surface area contributed by atoms with E-state index in [2.05, 4.69) is 4.89 Å². The zero-order valence-corrected chi connectivity index (χ0v) is 7.24. The van der Waals surface area contributed by atoms with Crippen molar-refractivity contribution in [3.05, 3.63) is 12.2 Å². The molecule has 0 aliphatic carbocycles. The summed E-state index contributed by atoms with van der Waals surface area (Å²) in [5.41, 5.74) is -0.658. The molecule has 0 heterocycles. The van der Waals surface area contributed by atoms with Crippen molar-refractivity contribution < 1.29 is 15.3 Å². The van der Waals surface area contributed by atoms with Gasteiger partial charge in [-0.3, -0.25) is 5.26 Å². The van der Waals surface area contributed by atoms with Crippen molar-refractivity contribution in [2.75, 3.05) is 0 Å². The average molecular weight is 160 g/mol. The molecule has 0 aromatic rings. The Balaban J connectivity index is 3.73. The van der Waals surface area contributed by atoms with Gasteiger partial charge in [0.05, 0.1) is 6.10 Å². The van der Waals surface area contributed by atoms with Gasteiger partial charge in [0.2, 0.25) is 0 Å². The number of hydrogen-bond acceptors (Lipinski definition) is 3. The second kappa shape index (κ2) is 4.49. The van der Waals surface area contributed by atoms with Crippen LogP contribution in [0, 0.1) is 0 Å². The minimum absolute atomic E-state index is 0.347. The smallest absolute Gasteiger partial charge is 0.116 e. The van der Waals surface area contributed by atoms with Gasteiger partial charge in [0.25, 0.3) is 0 Å². The average Bonchev–Trinajstić information content (AvgIpc) is 1.87. The van der Waals surface area contributed by atoms with Crippen molar-refractivity contribution in [2.45, 2.75) is 38.9 Å². The van der Waals surface area contributed by atoms with Crippen LogP contribution in [0.1, 0.15) is 27.2 Å². The van der Waals surface area contributed by atoms with Gasteiger partial charge in [0, 0.05) is 0 Å². The maximum Gasteiger partial charge on any atom is 0.116 e. The topological polar surface area (TPSA) is 49.7 Å². The van der Waals surface area contributed by atoms with Crippen LogP contribution in [0.4, 0.5) is 0 Å². The molecule has 3 heteroatoms. The van der Waals surface area contributed by atoms with Gasteiger partial charge < -0.3 is 5.11 Å². The molecule has 1 atom stereocenters. The van der Waals surface area contributed by atoms with Crippen molar-refractivity contribution in [1.29, 1.82) is 0 Å². The monoisotopic (exact) mass is 160 g/mol. The maximum atomic E-state index is 8.87. The molecule has 0 saturated heterocycles. The summed E-state index contributed by atoms with van der Waals surface area (Å²) in [6.45, 7) is 5.16. The normalized spacial score (nSPS) is 15.7. The molecule has 0 fully saturated rings. The third-order valence-electron chi connectivity index (χ3n) is 1.23. The van der Waals surface area contributed by atoms with Crippen LogP contribution in [0.25, 0.3) is 0 Å². The van der Waals surface area contributed by atoms with Crippen molar-refractivity contribution in [3.8, 4) is 0 Å². The molecule has 0 radical (unpaired) electrons. The Morgan fingerprint density at radius 1 is 1.55 bits per heavy atom. The van der Waals surface area contributed by atoms with E-state index >= 15 is 0 Å². The van der Waals surface area contributed by atoms with Crippen LogP contribution in [0.15, 0.2) is 12.2 Å². The van der Waals surface area contributed by atoms with E-state index in [1.165, 1.54) is 0 Å². The highest BCUT2D eigenvalue weighted by Crippen LogP contribution is 2.09. The molecule has 0 rings (SSSR count). The Morgan fingerprint density at radius 3 is 2.45 bits per heavy atom. The van der Waals surface area contributed by atoms with E-state index in [0.717, 1.165) is 0 Å². The summed E-state index contributed by atoms with van der Waals surface area (Å²) in [5, 5.41) is 17.2. The molecule has 2 N–H and O–H groups in total. The summed E-state index contributed by atoms with van der Waals surface area (Å²) in [6, 6.07) is 0. The van der Waals surface area contributed by atoms with Crippen LogP contribution in [0.2, 0.25) is 0 Å². The summed E-state index contributed by atoms with van der Waals surface area (Å²) < 4.78 is 0. The summed E-state index contributed by atoms with van der Waals surface area (Å²) in [6.07, 6.45) is 3.72. The molecule has 3 nitrogen and oxygen atoms in total. The van der Waals surface area contributed by atoms with Gasteiger partial charge in [0.1, 0.15) is 5.60 Å². The number of aliphatic hydroxyl groups is 1. The molecule has 11 heavy (non-hydrogen) atoms. The number of rotatable bonds is 4. The lowest BCUT2D eigenvalue weighted by atomic mass is 10.1. The predicted molar refractivity (Wildman–Crippen MR) is 43.2 cm³/mol. The summed E-state index contributed by atoms with van der Waals surface area (Å²) in [7, 11) is 0. The van der Waals surface area contributed by atoms with Crippen LogP contribution in [0.5, 0.6) is 0 Å². The van der Waals surface area contributed by atoms with Crippen LogP contribution in [-0.2, 0) is 4.89 Å². The van der Waals surface area contributed by atoms with Gasteiger partial charge in [-0.15, -0.1) is 0 Å². The van der Waals surface area contributed by atoms with Crippen molar-refractivity contribution in [2.24, 2.45) is 0 Å². The first kappa shape index (κ1) is 10.6. The standard InChI is InChI=1S/C8H16O3/c1-7(9)5-4-6-8(2,3)11-10/h4,6-7,9-10H,5H2,1-3H3. The van der Waals surface area contributed by atoms with Crippen LogP contribution in [-0.4, -0.2) is 22.1 Å². The lowest BCUT2D eigenvalue weighted by Crippen LogP contribution is -2.18. The molecule has 0 aliphatic rings. The van der Waals surface area contributed by atoms with Gasteiger partial charge in [-0.1, -0.05) is 12.2 Å².